The predicted molar refractivity (Wildman–Crippen MR) is 29.7 cm³/mol. The Labute approximate surface area is 59.0 Å². The highest BCUT2D eigenvalue weighted by Gasteiger charge is 2.11. The number of tetrazole rings is 1. The Morgan fingerprint density at radius 3 is 3.18 bits per heavy atom. The fourth-order valence-corrected chi connectivity index (χ4v) is 0.612. The van der Waals surface area contributed by atoms with Crippen LogP contribution >= 0.6 is 0 Å². The van der Waals surface area contributed by atoms with Gasteiger partial charge in [0.05, 0.1) is 15.5 Å². The Kier molecular flexibility index (Phi) is 0.888. The zero-order valence-electron chi connectivity index (χ0n) is 5.12. The molecule has 0 saturated heterocycles. The van der Waals surface area contributed by atoms with Crippen LogP contribution in [-0.4, -0.2) is 30.4 Å². The molecule has 2 aromatic heterocycles. The lowest BCUT2D eigenvalue weighted by Gasteiger charge is -1.96. The van der Waals surface area contributed by atoms with Crippen LogP contribution in [0.5, 0.6) is 0 Å². The topological polar surface area (TPSA) is 122 Å². The molecule has 0 unspecified atom stereocenters. The van der Waals surface area contributed by atoms with E-state index in [1.54, 1.807) is 0 Å². The fourth-order valence-electron chi connectivity index (χ4n) is 0.612. The maximum absolute atomic E-state index is 10.8. The Morgan fingerprint density at radius 1 is 1.55 bits per heavy atom. The van der Waals surface area contributed by atoms with Crippen molar-refractivity contribution in [2.75, 3.05) is 5.73 Å². The molecule has 9 nitrogen and oxygen atoms in total. The van der Waals surface area contributed by atoms with Gasteiger partial charge < -0.3 is 10.9 Å². The zero-order valence-corrected chi connectivity index (χ0v) is 5.12. The van der Waals surface area contributed by atoms with Gasteiger partial charge in [0.1, 0.15) is 0 Å². The summed E-state index contributed by atoms with van der Waals surface area (Å²) in [4.78, 5) is 0.197. The predicted octanol–water partition coefficient (Wildman–Crippen LogP) is -2.87. The van der Waals surface area contributed by atoms with Gasteiger partial charge in [0.15, 0.2) is 0 Å². The average molecular weight is 154 g/mol. The third-order valence-electron chi connectivity index (χ3n) is 0.999. The minimum absolute atomic E-state index is 0.112. The van der Waals surface area contributed by atoms with Crippen LogP contribution in [0.15, 0.2) is 0 Å². The molecular weight excluding hydrogens is 152 g/mol. The van der Waals surface area contributed by atoms with E-state index in [0.29, 0.717) is 0 Å². The Morgan fingerprint density at radius 2 is 2.36 bits per heavy atom. The lowest BCUT2D eigenvalue weighted by Crippen LogP contribution is -2.36. The number of aromatic nitrogens is 7. The normalized spacial score (nSPS) is 10.5. The summed E-state index contributed by atoms with van der Waals surface area (Å²) < 4.78 is 0.898. The Hall–Kier alpha value is -2.06. The summed E-state index contributed by atoms with van der Waals surface area (Å²) in [6.45, 7) is 0. The van der Waals surface area contributed by atoms with E-state index in [1.165, 1.54) is 0 Å². The van der Waals surface area contributed by atoms with Crippen molar-refractivity contribution >= 4 is 11.7 Å². The summed E-state index contributed by atoms with van der Waals surface area (Å²) in [6.07, 6.45) is 0. The van der Waals surface area contributed by atoms with E-state index in [-0.39, 0.29) is 16.6 Å². The summed E-state index contributed by atoms with van der Waals surface area (Å²) in [5.74, 6) is -0.293. The zero-order chi connectivity index (χ0) is 7.84. The highest BCUT2D eigenvalue weighted by molar-refractivity contribution is 5.14. The SMILES string of the molecule is Nc1nn2nnnc2[n+]([O-])n1. The van der Waals surface area contributed by atoms with Gasteiger partial charge in [0.25, 0.3) is 5.95 Å². The van der Waals surface area contributed by atoms with Crippen molar-refractivity contribution in [1.82, 2.24) is 30.4 Å². The maximum atomic E-state index is 10.8. The molecule has 0 aliphatic carbocycles. The smallest absolute Gasteiger partial charge is 0.489 e. The molecule has 11 heavy (non-hydrogen) atoms. The Bertz CT molecular complexity index is 392. The van der Waals surface area contributed by atoms with Crippen molar-refractivity contribution in [3.63, 3.8) is 0 Å². The van der Waals surface area contributed by atoms with Crippen molar-refractivity contribution in [3.8, 4) is 0 Å². The van der Waals surface area contributed by atoms with Gasteiger partial charge in [0.2, 0.25) is 0 Å². The van der Waals surface area contributed by atoms with E-state index >= 15 is 0 Å². The second-order valence-corrected chi connectivity index (χ2v) is 1.70. The average Bonchev–Trinajstić information content (AvgIpc) is 2.34. The fraction of sp³-hybridized carbons (Fsp3) is 0. The second-order valence-electron chi connectivity index (χ2n) is 1.70. The summed E-state index contributed by atoms with van der Waals surface area (Å²) in [6, 6.07) is 0. The van der Waals surface area contributed by atoms with E-state index in [0.717, 1.165) is 4.63 Å². The molecular formula is C2H2N8O. The van der Waals surface area contributed by atoms with E-state index in [4.69, 9.17) is 5.73 Å². The number of nitrogens with zero attached hydrogens (tertiary/aromatic N) is 7. The lowest BCUT2D eigenvalue weighted by molar-refractivity contribution is -0.647. The summed E-state index contributed by atoms with van der Waals surface area (Å²) in [5.41, 5.74) is 5.12. The first-order chi connectivity index (χ1) is 5.27. The first kappa shape index (κ1) is 5.70. The van der Waals surface area contributed by atoms with Crippen molar-refractivity contribution < 1.29 is 4.85 Å². The van der Waals surface area contributed by atoms with Gasteiger partial charge in [-0.05, 0) is 5.10 Å². The van der Waals surface area contributed by atoms with Gasteiger partial charge in [-0.2, -0.15) is 0 Å². The van der Waals surface area contributed by atoms with Gasteiger partial charge in [-0.3, -0.25) is 0 Å². The van der Waals surface area contributed by atoms with Crippen LogP contribution in [-0.2, 0) is 0 Å². The molecule has 9 heteroatoms. The molecule has 0 radical (unpaired) electrons. The lowest BCUT2D eigenvalue weighted by atomic mass is 11.1. The molecule has 0 atom stereocenters. The molecule has 2 aromatic rings. The standard InChI is InChI=1S/C2H2N8O/c3-1-5-9-2(4-7-8-9)10(11)6-1/h(H2,3,5). The quantitative estimate of drug-likeness (QED) is 0.319. The van der Waals surface area contributed by atoms with Crippen molar-refractivity contribution in [3.05, 3.63) is 5.21 Å². The monoisotopic (exact) mass is 154 g/mol. The second kappa shape index (κ2) is 1.71. The number of nitrogens with two attached hydrogens (primary N) is 1. The number of nitrogen functional groups attached to an aromatic ring is 1. The Balaban J connectivity index is 2.91. The van der Waals surface area contributed by atoms with Gasteiger partial charge >= 0.3 is 5.78 Å². The minimum atomic E-state index is -0.181. The number of hydrogen-bond donors (Lipinski definition) is 1. The number of fused-ring (bicyclic) bond motifs is 1. The molecule has 0 bridgehead atoms. The molecule has 2 rings (SSSR count). The van der Waals surface area contributed by atoms with Crippen LogP contribution in [0.3, 0.4) is 0 Å². The minimum Gasteiger partial charge on any atom is -0.721 e. The molecule has 0 spiro atoms. The van der Waals surface area contributed by atoms with Crippen LogP contribution in [0.2, 0.25) is 0 Å². The van der Waals surface area contributed by atoms with E-state index in [9.17, 15) is 5.21 Å². The van der Waals surface area contributed by atoms with Gasteiger partial charge in [0, 0.05) is 4.63 Å². The first-order valence-electron chi connectivity index (χ1n) is 2.59. The number of hydrogen-bond acceptors (Lipinski definition) is 7. The molecule has 2 N–H and O–H groups in total. The number of rotatable bonds is 0. The third kappa shape index (κ3) is 0.705. The highest BCUT2D eigenvalue weighted by Crippen LogP contribution is 1.84. The summed E-state index contributed by atoms with van der Waals surface area (Å²) in [5, 5.41) is 27.4. The molecule has 56 valence electrons. The number of anilines is 1. The largest absolute Gasteiger partial charge is 0.721 e. The van der Waals surface area contributed by atoms with Crippen LogP contribution < -0.4 is 10.6 Å². The molecule has 0 saturated carbocycles. The summed E-state index contributed by atoms with van der Waals surface area (Å²) >= 11 is 0. The maximum Gasteiger partial charge on any atom is 0.489 e. The van der Waals surface area contributed by atoms with Gasteiger partial charge in [-0.1, -0.05) is 5.10 Å². The molecule has 0 aromatic carbocycles. The van der Waals surface area contributed by atoms with Gasteiger partial charge in [-0.25, -0.2) is 0 Å². The van der Waals surface area contributed by atoms with Crippen molar-refractivity contribution in [1.29, 1.82) is 0 Å². The van der Waals surface area contributed by atoms with E-state index in [1.807, 2.05) is 0 Å². The van der Waals surface area contributed by atoms with Crippen LogP contribution in [0.25, 0.3) is 5.78 Å². The van der Waals surface area contributed by atoms with E-state index < -0.39 is 0 Å². The molecule has 0 aliphatic heterocycles. The highest BCUT2D eigenvalue weighted by atomic mass is 16.5. The molecule has 0 amide bonds. The molecule has 2 heterocycles. The van der Waals surface area contributed by atoms with E-state index in [2.05, 4.69) is 25.7 Å². The third-order valence-corrected chi connectivity index (χ3v) is 0.999. The van der Waals surface area contributed by atoms with Crippen molar-refractivity contribution in [2.45, 2.75) is 0 Å². The van der Waals surface area contributed by atoms with Crippen molar-refractivity contribution in [2.24, 2.45) is 0 Å². The molecule has 0 aliphatic rings. The molecule has 0 fully saturated rings. The van der Waals surface area contributed by atoms with Crippen LogP contribution in [0.1, 0.15) is 0 Å². The van der Waals surface area contributed by atoms with Crippen LogP contribution in [0.4, 0.5) is 5.95 Å². The summed E-state index contributed by atoms with van der Waals surface area (Å²) in [7, 11) is 0. The van der Waals surface area contributed by atoms with Gasteiger partial charge in [-0.15, -0.1) is 4.85 Å². The van der Waals surface area contributed by atoms with Crippen LogP contribution in [0, 0.1) is 5.21 Å². The first-order valence-corrected chi connectivity index (χ1v) is 2.59.